The van der Waals surface area contributed by atoms with Gasteiger partial charge in [-0.25, -0.2) is 4.79 Å². The van der Waals surface area contributed by atoms with Gasteiger partial charge >= 0.3 is 5.97 Å². The zero-order valence-corrected chi connectivity index (χ0v) is 16.0. The predicted molar refractivity (Wildman–Crippen MR) is 107 cm³/mol. The van der Waals surface area contributed by atoms with E-state index in [1.165, 1.54) is 23.9 Å². The Morgan fingerprint density at radius 3 is 2.64 bits per heavy atom. The second-order valence-corrected chi connectivity index (χ2v) is 7.08. The number of nitro benzene ring substituents is 1. The number of amides is 1. The maximum Gasteiger partial charge on any atom is 0.338 e. The molecule has 2 aromatic carbocycles. The van der Waals surface area contributed by atoms with Crippen molar-refractivity contribution in [1.82, 2.24) is 0 Å². The number of hydrogen-bond donors (Lipinski definition) is 2. The minimum absolute atomic E-state index is 0.0189. The topological polar surface area (TPSA) is 111 Å². The monoisotopic (exact) mass is 401 g/mol. The molecule has 2 N–H and O–H groups in total. The van der Waals surface area contributed by atoms with Crippen molar-refractivity contribution in [3.8, 4) is 0 Å². The van der Waals surface area contributed by atoms with Crippen LogP contribution in [0.3, 0.4) is 0 Å². The van der Waals surface area contributed by atoms with Crippen LogP contribution in [0, 0.1) is 10.1 Å². The fourth-order valence-corrected chi connectivity index (χ4v) is 3.08. The lowest BCUT2D eigenvalue weighted by Crippen LogP contribution is -2.21. The Balaban J connectivity index is 1.61. The Morgan fingerprint density at radius 1 is 1.21 bits per heavy atom. The second kappa shape index (κ2) is 8.75. The van der Waals surface area contributed by atoms with Gasteiger partial charge in [0.1, 0.15) is 5.69 Å². The largest absolute Gasteiger partial charge is 0.452 e. The summed E-state index contributed by atoms with van der Waals surface area (Å²) < 4.78 is 5.00. The molecule has 3 rings (SSSR count). The van der Waals surface area contributed by atoms with Gasteiger partial charge in [-0.3, -0.25) is 14.9 Å². The summed E-state index contributed by atoms with van der Waals surface area (Å²) in [5.41, 5.74) is 0.822. The highest BCUT2D eigenvalue weighted by Gasteiger charge is 2.26. The highest BCUT2D eigenvalue weighted by molar-refractivity contribution is 7.98. The van der Waals surface area contributed by atoms with Crippen molar-refractivity contribution >= 4 is 40.7 Å². The molecular formula is C19H19N3O5S. The van der Waals surface area contributed by atoms with Gasteiger partial charge in [0.25, 0.3) is 11.6 Å². The van der Waals surface area contributed by atoms with E-state index >= 15 is 0 Å². The van der Waals surface area contributed by atoms with Crippen LogP contribution in [-0.4, -0.2) is 35.7 Å². The van der Waals surface area contributed by atoms with Gasteiger partial charge in [-0.15, -0.1) is 11.8 Å². The minimum Gasteiger partial charge on any atom is -0.452 e. The summed E-state index contributed by atoms with van der Waals surface area (Å²) in [5, 5.41) is 17.0. The quantitative estimate of drug-likeness (QED) is 0.300. The van der Waals surface area contributed by atoms with Crippen LogP contribution in [0.2, 0.25) is 0 Å². The molecule has 0 radical (unpaired) electrons. The zero-order chi connectivity index (χ0) is 20.1. The van der Waals surface area contributed by atoms with E-state index in [-0.39, 0.29) is 17.3 Å². The third-order valence-electron chi connectivity index (χ3n) is 4.08. The van der Waals surface area contributed by atoms with E-state index in [2.05, 4.69) is 10.6 Å². The number of thioether (sulfide) groups is 1. The number of nitrogens with one attached hydrogen (secondary N) is 2. The van der Waals surface area contributed by atoms with Crippen LogP contribution in [-0.2, 0) is 9.53 Å². The van der Waals surface area contributed by atoms with Gasteiger partial charge in [-0.2, -0.15) is 0 Å². The zero-order valence-electron chi connectivity index (χ0n) is 15.1. The predicted octanol–water partition coefficient (Wildman–Crippen LogP) is 3.69. The number of carbonyl (C=O) groups excluding carboxylic acids is 2. The molecule has 0 atom stereocenters. The Bertz CT molecular complexity index is 914. The molecular weight excluding hydrogens is 382 g/mol. The summed E-state index contributed by atoms with van der Waals surface area (Å²) in [6.45, 7) is -0.489. The molecule has 28 heavy (non-hydrogen) atoms. The first-order valence-electron chi connectivity index (χ1n) is 8.63. The average molecular weight is 401 g/mol. The molecule has 0 spiro atoms. The SMILES string of the molecule is CSc1ccccc1NC(=O)COC(=O)c1ccc(NC2CC2)c([N+](=O)[O-])c1. The van der Waals surface area contributed by atoms with Crippen molar-refractivity contribution in [2.75, 3.05) is 23.5 Å². The first-order valence-corrected chi connectivity index (χ1v) is 9.85. The number of rotatable bonds is 8. The lowest BCUT2D eigenvalue weighted by molar-refractivity contribution is -0.384. The Kier molecular flexibility index (Phi) is 6.15. The maximum absolute atomic E-state index is 12.2. The molecule has 146 valence electrons. The normalized spacial score (nSPS) is 12.9. The molecule has 0 unspecified atom stereocenters. The third-order valence-corrected chi connectivity index (χ3v) is 4.88. The molecule has 1 saturated carbocycles. The van der Waals surface area contributed by atoms with Gasteiger partial charge in [-0.05, 0) is 43.4 Å². The molecule has 1 aliphatic carbocycles. The minimum atomic E-state index is -0.797. The van der Waals surface area contributed by atoms with Gasteiger partial charge in [0, 0.05) is 17.0 Å². The van der Waals surface area contributed by atoms with Crippen molar-refractivity contribution in [1.29, 1.82) is 0 Å². The molecule has 2 aromatic rings. The summed E-state index contributed by atoms with van der Waals surface area (Å²) in [7, 11) is 0. The first-order chi connectivity index (χ1) is 13.5. The second-order valence-electron chi connectivity index (χ2n) is 6.23. The number of anilines is 2. The van der Waals surface area contributed by atoms with Crippen LogP contribution in [0.1, 0.15) is 23.2 Å². The van der Waals surface area contributed by atoms with Crippen LogP contribution < -0.4 is 10.6 Å². The van der Waals surface area contributed by atoms with Crippen LogP contribution in [0.15, 0.2) is 47.4 Å². The summed E-state index contributed by atoms with van der Waals surface area (Å²) in [4.78, 5) is 35.9. The van der Waals surface area contributed by atoms with E-state index in [1.807, 2.05) is 18.4 Å². The molecule has 0 aliphatic heterocycles. The van der Waals surface area contributed by atoms with Crippen LogP contribution in [0.25, 0.3) is 0 Å². The number of nitrogens with zero attached hydrogens (tertiary/aromatic N) is 1. The molecule has 1 amide bonds. The van der Waals surface area contributed by atoms with Gasteiger partial charge in [0.15, 0.2) is 6.61 Å². The Labute approximate surface area is 165 Å². The van der Waals surface area contributed by atoms with E-state index in [0.717, 1.165) is 23.8 Å². The van der Waals surface area contributed by atoms with Crippen molar-refractivity contribution in [3.63, 3.8) is 0 Å². The van der Waals surface area contributed by atoms with Gasteiger partial charge in [-0.1, -0.05) is 12.1 Å². The number of ether oxygens (including phenoxy) is 1. The van der Waals surface area contributed by atoms with E-state index in [0.29, 0.717) is 11.4 Å². The molecule has 0 aromatic heterocycles. The summed E-state index contributed by atoms with van der Waals surface area (Å²) in [5.74, 6) is -1.29. The number of hydrogen-bond acceptors (Lipinski definition) is 7. The summed E-state index contributed by atoms with van der Waals surface area (Å²) in [6, 6.07) is 11.6. The fraction of sp³-hybridized carbons (Fsp3) is 0.263. The summed E-state index contributed by atoms with van der Waals surface area (Å²) in [6.07, 6.45) is 3.82. The van der Waals surface area contributed by atoms with E-state index in [4.69, 9.17) is 4.74 Å². The number of nitro groups is 1. The molecule has 9 heteroatoms. The lowest BCUT2D eigenvalue weighted by atomic mass is 10.1. The van der Waals surface area contributed by atoms with Gasteiger partial charge < -0.3 is 15.4 Å². The molecule has 0 saturated heterocycles. The van der Waals surface area contributed by atoms with Crippen LogP contribution in [0.4, 0.5) is 17.1 Å². The van der Waals surface area contributed by atoms with E-state index in [1.54, 1.807) is 12.1 Å². The van der Waals surface area contributed by atoms with Gasteiger partial charge in [0.2, 0.25) is 0 Å². The molecule has 1 aliphatic rings. The highest BCUT2D eigenvalue weighted by Crippen LogP contribution is 2.31. The smallest absolute Gasteiger partial charge is 0.338 e. The maximum atomic E-state index is 12.2. The lowest BCUT2D eigenvalue weighted by Gasteiger charge is -2.10. The highest BCUT2D eigenvalue weighted by atomic mass is 32.2. The molecule has 0 heterocycles. The number of para-hydroxylation sites is 1. The van der Waals surface area contributed by atoms with Crippen molar-refractivity contribution in [2.45, 2.75) is 23.8 Å². The van der Waals surface area contributed by atoms with E-state index < -0.39 is 23.4 Å². The molecule has 0 bridgehead atoms. The third kappa shape index (κ3) is 5.01. The van der Waals surface area contributed by atoms with E-state index in [9.17, 15) is 19.7 Å². The Hall–Kier alpha value is -3.07. The van der Waals surface area contributed by atoms with Crippen LogP contribution in [0.5, 0.6) is 0 Å². The summed E-state index contributed by atoms with van der Waals surface area (Å²) >= 11 is 1.48. The molecule has 1 fully saturated rings. The van der Waals surface area contributed by atoms with Crippen molar-refractivity contribution in [2.24, 2.45) is 0 Å². The van der Waals surface area contributed by atoms with Crippen LogP contribution >= 0.6 is 11.8 Å². The number of esters is 1. The van der Waals surface area contributed by atoms with Crippen molar-refractivity contribution in [3.05, 3.63) is 58.1 Å². The Morgan fingerprint density at radius 2 is 1.96 bits per heavy atom. The number of carbonyl (C=O) groups is 2. The fourth-order valence-electron chi connectivity index (χ4n) is 2.53. The number of benzene rings is 2. The van der Waals surface area contributed by atoms with Crippen molar-refractivity contribution < 1.29 is 19.2 Å². The average Bonchev–Trinajstić information content (AvgIpc) is 3.50. The first kappa shape index (κ1) is 19.7. The van der Waals surface area contributed by atoms with Gasteiger partial charge in [0.05, 0.1) is 16.2 Å². The molecule has 8 nitrogen and oxygen atoms in total. The standard InChI is InChI=1S/C19H19N3O5S/c1-28-17-5-3-2-4-15(17)21-18(23)11-27-19(24)12-6-9-14(20-13-7-8-13)16(10-12)22(25)26/h2-6,9-10,13,20H,7-8,11H2,1H3,(H,21,23).